The van der Waals surface area contributed by atoms with Crippen LogP contribution in [0.1, 0.15) is 42.7 Å². The van der Waals surface area contributed by atoms with Crippen LogP contribution in [0.2, 0.25) is 0 Å². The van der Waals surface area contributed by atoms with Gasteiger partial charge in [0.1, 0.15) is 0 Å². The number of hydrogen-bond donors (Lipinski definition) is 3. The number of halogens is 1. The Kier molecular flexibility index (Phi) is 9.52. The molecule has 0 aromatic heterocycles. The lowest BCUT2D eigenvalue weighted by molar-refractivity contribution is -0.117. The number of nitrogens with zero attached hydrogens (tertiary/aromatic N) is 1. The van der Waals surface area contributed by atoms with Crippen molar-refractivity contribution in [2.45, 2.75) is 31.6 Å². The van der Waals surface area contributed by atoms with Gasteiger partial charge in [0, 0.05) is 16.2 Å². The van der Waals surface area contributed by atoms with Crippen molar-refractivity contribution in [1.82, 2.24) is 4.90 Å². The minimum Gasteiger partial charge on any atom is -0.397 e. The van der Waals surface area contributed by atoms with Crippen LogP contribution in [0.5, 0.6) is 0 Å². The summed E-state index contributed by atoms with van der Waals surface area (Å²) in [4.78, 5) is 28.1. The fraction of sp³-hybridized carbons (Fsp3) is 0.267. The van der Waals surface area contributed by atoms with Crippen LogP contribution in [0.15, 0.2) is 83.3 Å². The molecular formula is C30H33BrN4O2. The van der Waals surface area contributed by atoms with Gasteiger partial charge in [-0.15, -0.1) is 0 Å². The Hall–Kier alpha value is -3.42. The van der Waals surface area contributed by atoms with Crippen molar-refractivity contribution in [3.8, 4) is 0 Å². The maximum absolute atomic E-state index is 13.3. The molecule has 0 radical (unpaired) electrons. The molecule has 0 saturated carbocycles. The number of nitrogens with one attached hydrogen (secondary N) is 2. The molecule has 3 aromatic carbocycles. The molecule has 2 amide bonds. The number of nitrogen functional groups attached to an aromatic ring is 1. The minimum absolute atomic E-state index is 0.00753. The van der Waals surface area contributed by atoms with Crippen molar-refractivity contribution in [3.05, 3.63) is 94.5 Å². The van der Waals surface area contributed by atoms with Crippen LogP contribution in [0.4, 0.5) is 17.1 Å². The standard InChI is InChI=1S/C30H33BrN4O2/c31-24-14-16-25(17-15-24)33-30(37)26(6-5-21-35-19-3-4-20-35)23-12-9-22(10-13-23)11-18-29(36)34-28-8-2-1-7-27(28)32/h1-2,7-18,26H,3-6,19-21,32H2,(H,33,37)(H,34,36)/b18-11+. The molecule has 0 spiro atoms. The maximum atomic E-state index is 13.3. The summed E-state index contributed by atoms with van der Waals surface area (Å²) in [5.74, 6) is -0.517. The van der Waals surface area contributed by atoms with Gasteiger partial charge in [-0.1, -0.05) is 52.3 Å². The molecule has 4 N–H and O–H groups in total. The molecule has 1 aliphatic rings. The van der Waals surface area contributed by atoms with Crippen LogP contribution in [-0.4, -0.2) is 36.3 Å². The van der Waals surface area contributed by atoms with Gasteiger partial charge < -0.3 is 21.3 Å². The molecule has 1 heterocycles. The molecule has 37 heavy (non-hydrogen) atoms. The fourth-order valence-corrected chi connectivity index (χ4v) is 4.80. The molecule has 192 valence electrons. The first-order valence-electron chi connectivity index (χ1n) is 12.7. The third-order valence-corrected chi connectivity index (χ3v) is 7.11. The van der Waals surface area contributed by atoms with Gasteiger partial charge in [0.05, 0.1) is 17.3 Å². The van der Waals surface area contributed by atoms with Crippen molar-refractivity contribution in [2.24, 2.45) is 0 Å². The third kappa shape index (κ3) is 8.03. The first kappa shape index (κ1) is 26.6. The summed E-state index contributed by atoms with van der Waals surface area (Å²) in [7, 11) is 0. The quantitative estimate of drug-likeness (QED) is 0.201. The molecule has 7 heteroatoms. The van der Waals surface area contributed by atoms with E-state index in [2.05, 4.69) is 31.5 Å². The van der Waals surface area contributed by atoms with Crippen molar-refractivity contribution >= 4 is 50.9 Å². The number of hydrogen-bond acceptors (Lipinski definition) is 4. The fourth-order valence-electron chi connectivity index (χ4n) is 4.53. The van der Waals surface area contributed by atoms with E-state index in [1.807, 2.05) is 60.7 Å². The number of carbonyl (C=O) groups excluding carboxylic acids is 2. The molecule has 1 aliphatic heterocycles. The Balaban J connectivity index is 1.41. The van der Waals surface area contributed by atoms with Crippen molar-refractivity contribution in [1.29, 1.82) is 0 Å². The second-order valence-corrected chi connectivity index (χ2v) is 10.2. The molecule has 1 unspecified atom stereocenters. The Bertz CT molecular complexity index is 1220. The topological polar surface area (TPSA) is 87.5 Å². The van der Waals surface area contributed by atoms with E-state index in [9.17, 15) is 9.59 Å². The number of likely N-dealkylation sites (tertiary alicyclic amines) is 1. The molecule has 1 atom stereocenters. The minimum atomic E-state index is -0.256. The van der Waals surface area contributed by atoms with Gasteiger partial charge >= 0.3 is 0 Å². The molecule has 0 bridgehead atoms. The van der Waals surface area contributed by atoms with Crippen LogP contribution < -0.4 is 16.4 Å². The van der Waals surface area contributed by atoms with E-state index in [0.29, 0.717) is 11.4 Å². The number of para-hydroxylation sites is 2. The van der Waals surface area contributed by atoms with Gasteiger partial charge in [-0.25, -0.2) is 0 Å². The zero-order valence-electron chi connectivity index (χ0n) is 20.8. The average molecular weight is 562 g/mol. The Morgan fingerprint density at radius 1 is 0.946 bits per heavy atom. The van der Waals surface area contributed by atoms with Crippen LogP contribution in [-0.2, 0) is 9.59 Å². The lowest BCUT2D eigenvalue weighted by atomic mass is 9.92. The first-order chi connectivity index (χ1) is 18.0. The van der Waals surface area contributed by atoms with Crippen LogP contribution in [0.25, 0.3) is 6.08 Å². The van der Waals surface area contributed by atoms with Crippen LogP contribution in [0.3, 0.4) is 0 Å². The number of anilines is 3. The second-order valence-electron chi connectivity index (χ2n) is 9.32. The maximum Gasteiger partial charge on any atom is 0.248 e. The number of benzene rings is 3. The third-order valence-electron chi connectivity index (χ3n) is 6.58. The summed E-state index contributed by atoms with van der Waals surface area (Å²) in [5.41, 5.74) is 9.62. The van der Waals surface area contributed by atoms with Crippen molar-refractivity contribution in [3.63, 3.8) is 0 Å². The molecular weight excluding hydrogens is 528 g/mol. The van der Waals surface area contributed by atoms with Gasteiger partial charge in [0.25, 0.3) is 0 Å². The lowest BCUT2D eigenvalue weighted by Gasteiger charge is -2.20. The summed E-state index contributed by atoms with van der Waals surface area (Å²) in [5, 5.41) is 5.87. The highest BCUT2D eigenvalue weighted by atomic mass is 79.9. The van der Waals surface area contributed by atoms with Crippen molar-refractivity contribution < 1.29 is 9.59 Å². The van der Waals surface area contributed by atoms with Crippen LogP contribution in [0, 0.1) is 0 Å². The smallest absolute Gasteiger partial charge is 0.248 e. The van der Waals surface area contributed by atoms with E-state index < -0.39 is 0 Å². The molecule has 1 fully saturated rings. The largest absolute Gasteiger partial charge is 0.397 e. The number of nitrogens with two attached hydrogens (primary N) is 1. The van der Waals surface area contributed by atoms with Crippen molar-refractivity contribution in [2.75, 3.05) is 36.0 Å². The zero-order chi connectivity index (χ0) is 26.0. The van der Waals surface area contributed by atoms with Gasteiger partial charge in [0.15, 0.2) is 0 Å². The normalized spacial score (nSPS) is 14.5. The summed E-state index contributed by atoms with van der Waals surface area (Å²) in [6.07, 6.45) is 7.49. The van der Waals surface area contributed by atoms with Gasteiger partial charge in [-0.3, -0.25) is 9.59 Å². The zero-order valence-corrected chi connectivity index (χ0v) is 22.4. The highest BCUT2D eigenvalue weighted by Crippen LogP contribution is 2.26. The predicted molar refractivity (Wildman–Crippen MR) is 155 cm³/mol. The monoisotopic (exact) mass is 560 g/mol. The van der Waals surface area contributed by atoms with E-state index in [-0.39, 0.29) is 17.7 Å². The molecule has 3 aromatic rings. The van der Waals surface area contributed by atoms with Gasteiger partial charge in [0.2, 0.25) is 11.8 Å². The molecule has 4 rings (SSSR count). The van der Waals surface area contributed by atoms with E-state index in [0.717, 1.165) is 53.8 Å². The second kappa shape index (κ2) is 13.2. The predicted octanol–water partition coefficient (Wildman–Crippen LogP) is 6.28. The first-order valence-corrected chi connectivity index (χ1v) is 13.5. The molecule has 1 saturated heterocycles. The van der Waals surface area contributed by atoms with E-state index in [4.69, 9.17) is 5.73 Å². The Morgan fingerprint density at radius 3 is 2.35 bits per heavy atom. The average Bonchev–Trinajstić information content (AvgIpc) is 3.42. The SMILES string of the molecule is Nc1ccccc1NC(=O)/C=C/c1ccc(C(CCCN2CCCC2)C(=O)Nc2ccc(Br)cc2)cc1. The summed E-state index contributed by atoms with van der Waals surface area (Å²) >= 11 is 3.44. The highest BCUT2D eigenvalue weighted by molar-refractivity contribution is 9.10. The molecule has 6 nitrogen and oxygen atoms in total. The number of carbonyl (C=O) groups is 2. The number of amides is 2. The summed E-state index contributed by atoms with van der Waals surface area (Å²) < 4.78 is 0.970. The summed E-state index contributed by atoms with van der Waals surface area (Å²) in [6, 6.07) is 22.6. The Labute approximate surface area is 227 Å². The Morgan fingerprint density at radius 2 is 1.65 bits per heavy atom. The summed E-state index contributed by atoms with van der Waals surface area (Å²) in [6.45, 7) is 3.33. The van der Waals surface area contributed by atoms with Crippen LogP contribution >= 0.6 is 15.9 Å². The lowest BCUT2D eigenvalue weighted by Crippen LogP contribution is -2.24. The number of rotatable bonds is 10. The van der Waals surface area contributed by atoms with Gasteiger partial charge in [-0.05, 0) is 98.9 Å². The molecule has 0 aliphatic carbocycles. The van der Waals surface area contributed by atoms with E-state index in [1.165, 1.54) is 18.9 Å². The van der Waals surface area contributed by atoms with E-state index in [1.54, 1.807) is 18.2 Å². The van der Waals surface area contributed by atoms with E-state index >= 15 is 0 Å². The highest BCUT2D eigenvalue weighted by Gasteiger charge is 2.21. The van der Waals surface area contributed by atoms with Gasteiger partial charge in [-0.2, -0.15) is 0 Å².